The van der Waals surface area contributed by atoms with Crippen LogP contribution in [0.5, 0.6) is 0 Å². The van der Waals surface area contributed by atoms with Gasteiger partial charge in [0.1, 0.15) is 0 Å². The highest BCUT2D eigenvalue weighted by Crippen LogP contribution is 1.93. The molecule has 0 radical (unpaired) electrons. The van der Waals surface area contributed by atoms with Crippen molar-refractivity contribution >= 4 is 5.97 Å². The van der Waals surface area contributed by atoms with Gasteiger partial charge in [-0.25, -0.2) is 4.79 Å². The fraction of sp³-hybridized carbons (Fsp3) is 0.429. The van der Waals surface area contributed by atoms with E-state index < -0.39 is 5.97 Å². The Morgan fingerprint density at radius 1 is 1.64 bits per heavy atom. The fourth-order valence-corrected chi connectivity index (χ4v) is 0.532. The molecule has 11 heavy (non-hydrogen) atoms. The highest BCUT2D eigenvalue weighted by molar-refractivity contribution is 5.86. The number of carboxylic acid groups (broad SMARTS) is 1. The molecule has 62 valence electrons. The molecule has 1 rings (SSSR count). The van der Waals surface area contributed by atoms with E-state index in [0.717, 1.165) is 0 Å². The Morgan fingerprint density at radius 3 is 2.36 bits per heavy atom. The third-order valence-corrected chi connectivity index (χ3v) is 0.952. The summed E-state index contributed by atoms with van der Waals surface area (Å²) < 4.78 is 1.45. The van der Waals surface area contributed by atoms with Crippen molar-refractivity contribution in [2.45, 2.75) is 13.8 Å². The molecule has 0 aliphatic carbocycles. The molecule has 1 aromatic heterocycles. The SMILES string of the molecule is CC.Cn1cc(C(=O)O)cn1. The number of aromatic nitrogens is 2. The van der Waals surface area contributed by atoms with Crippen molar-refractivity contribution in [2.24, 2.45) is 7.05 Å². The first-order chi connectivity index (χ1) is 5.20. The van der Waals surface area contributed by atoms with E-state index in [1.165, 1.54) is 17.1 Å². The predicted octanol–water partition coefficient (Wildman–Crippen LogP) is 1.14. The summed E-state index contributed by atoms with van der Waals surface area (Å²) >= 11 is 0. The Morgan fingerprint density at radius 2 is 2.18 bits per heavy atom. The van der Waals surface area contributed by atoms with Crippen molar-refractivity contribution in [2.75, 3.05) is 0 Å². The third kappa shape index (κ3) is 2.84. The molecule has 1 N–H and O–H groups in total. The number of hydrogen-bond donors (Lipinski definition) is 1. The van der Waals surface area contributed by atoms with Gasteiger partial charge in [0.25, 0.3) is 0 Å². The van der Waals surface area contributed by atoms with Crippen LogP contribution >= 0.6 is 0 Å². The largest absolute Gasteiger partial charge is 0.478 e. The molecule has 0 amide bonds. The van der Waals surface area contributed by atoms with Gasteiger partial charge in [0, 0.05) is 13.2 Å². The number of nitrogens with zero attached hydrogens (tertiary/aromatic N) is 2. The van der Waals surface area contributed by atoms with Gasteiger partial charge in [-0.15, -0.1) is 0 Å². The van der Waals surface area contributed by atoms with Crippen LogP contribution < -0.4 is 0 Å². The minimum absolute atomic E-state index is 0.220. The van der Waals surface area contributed by atoms with Crippen LogP contribution in [0.1, 0.15) is 24.2 Å². The maximum atomic E-state index is 10.2. The first kappa shape index (κ1) is 9.68. The number of carbonyl (C=O) groups is 1. The standard InChI is InChI=1S/C5H6N2O2.C2H6/c1-7-3-4(2-6-7)5(8)9;1-2/h2-3H,1H3,(H,8,9);1-2H3. The Bertz CT molecular complexity index is 230. The van der Waals surface area contributed by atoms with Crippen LogP contribution in [-0.2, 0) is 7.05 Å². The molecule has 0 aliphatic heterocycles. The Hall–Kier alpha value is -1.32. The van der Waals surface area contributed by atoms with Gasteiger partial charge in [0.2, 0.25) is 0 Å². The quantitative estimate of drug-likeness (QED) is 0.663. The average molecular weight is 156 g/mol. The number of hydrogen-bond acceptors (Lipinski definition) is 2. The normalized spacial score (nSPS) is 8.27. The van der Waals surface area contributed by atoms with Gasteiger partial charge in [-0.05, 0) is 0 Å². The molecule has 1 heterocycles. The second-order valence-electron chi connectivity index (χ2n) is 1.71. The topological polar surface area (TPSA) is 55.1 Å². The first-order valence-electron chi connectivity index (χ1n) is 3.42. The number of rotatable bonds is 1. The minimum atomic E-state index is -0.942. The van der Waals surface area contributed by atoms with Crippen LogP contribution in [-0.4, -0.2) is 20.9 Å². The molecule has 0 aromatic carbocycles. The van der Waals surface area contributed by atoms with Crippen molar-refractivity contribution < 1.29 is 9.90 Å². The average Bonchev–Trinajstić information content (AvgIpc) is 2.40. The molecule has 0 aliphatic rings. The number of aryl methyl sites for hydroxylation is 1. The summed E-state index contributed by atoms with van der Waals surface area (Å²) in [4.78, 5) is 10.2. The zero-order valence-corrected chi connectivity index (χ0v) is 6.90. The second-order valence-corrected chi connectivity index (χ2v) is 1.71. The van der Waals surface area contributed by atoms with Gasteiger partial charge in [-0.2, -0.15) is 5.10 Å². The van der Waals surface area contributed by atoms with Gasteiger partial charge in [-0.1, -0.05) is 13.8 Å². The van der Waals surface area contributed by atoms with Crippen LogP contribution in [0, 0.1) is 0 Å². The van der Waals surface area contributed by atoms with Crippen molar-refractivity contribution in [1.29, 1.82) is 0 Å². The van der Waals surface area contributed by atoms with Crippen molar-refractivity contribution in [3.8, 4) is 0 Å². The molecule has 4 heteroatoms. The van der Waals surface area contributed by atoms with Gasteiger partial charge in [0.05, 0.1) is 11.8 Å². The lowest BCUT2D eigenvalue weighted by Gasteiger charge is -1.81. The summed E-state index contributed by atoms with van der Waals surface area (Å²) in [7, 11) is 1.67. The maximum absolute atomic E-state index is 10.2. The van der Waals surface area contributed by atoms with E-state index in [-0.39, 0.29) is 5.56 Å². The fourth-order valence-electron chi connectivity index (χ4n) is 0.532. The highest BCUT2D eigenvalue weighted by atomic mass is 16.4. The van der Waals surface area contributed by atoms with Crippen LogP contribution in [0.15, 0.2) is 12.4 Å². The van der Waals surface area contributed by atoms with Gasteiger partial charge < -0.3 is 5.11 Å². The van der Waals surface area contributed by atoms with Crippen LogP contribution in [0.3, 0.4) is 0 Å². The van der Waals surface area contributed by atoms with E-state index in [0.29, 0.717) is 0 Å². The zero-order chi connectivity index (χ0) is 8.85. The number of carboxylic acids is 1. The van der Waals surface area contributed by atoms with E-state index in [9.17, 15) is 4.79 Å². The highest BCUT2D eigenvalue weighted by Gasteiger charge is 2.02. The minimum Gasteiger partial charge on any atom is -0.478 e. The lowest BCUT2D eigenvalue weighted by molar-refractivity contribution is 0.0697. The van der Waals surface area contributed by atoms with E-state index >= 15 is 0 Å². The molecule has 0 saturated heterocycles. The molecule has 0 bridgehead atoms. The van der Waals surface area contributed by atoms with Crippen LogP contribution in [0.25, 0.3) is 0 Å². The Balaban J connectivity index is 0.000000461. The van der Waals surface area contributed by atoms with Crippen molar-refractivity contribution in [3.63, 3.8) is 0 Å². The monoisotopic (exact) mass is 156 g/mol. The van der Waals surface area contributed by atoms with Gasteiger partial charge in [-0.3, -0.25) is 4.68 Å². The molecule has 0 atom stereocenters. The molecule has 0 saturated carbocycles. The maximum Gasteiger partial charge on any atom is 0.338 e. The summed E-state index contributed by atoms with van der Waals surface area (Å²) in [5.74, 6) is -0.942. The third-order valence-electron chi connectivity index (χ3n) is 0.952. The van der Waals surface area contributed by atoms with Gasteiger partial charge in [0.15, 0.2) is 0 Å². The second kappa shape index (κ2) is 4.49. The van der Waals surface area contributed by atoms with E-state index in [1.807, 2.05) is 13.8 Å². The summed E-state index contributed by atoms with van der Waals surface area (Å²) in [6, 6.07) is 0. The van der Waals surface area contributed by atoms with Gasteiger partial charge >= 0.3 is 5.97 Å². The van der Waals surface area contributed by atoms with E-state index in [1.54, 1.807) is 7.05 Å². The smallest absolute Gasteiger partial charge is 0.338 e. The summed E-state index contributed by atoms with van der Waals surface area (Å²) in [5.41, 5.74) is 0.220. The Labute approximate surface area is 65.5 Å². The lowest BCUT2D eigenvalue weighted by atomic mass is 10.4. The summed E-state index contributed by atoms with van der Waals surface area (Å²) in [6.45, 7) is 4.00. The summed E-state index contributed by atoms with van der Waals surface area (Å²) in [6.07, 6.45) is 2.75. The molecule has 0 spiro atoms. The Kier molecular flexibility index (Phi) is 3.95. The first-order valence-corrected chi connectivity index (χ1v) is 3.42. The van der Waals surface area contributed by atoms with Crippen LogP contribution in [0.2, 0.25) is 0 Å². The lowest BCUT2D eigenvalue weighted by Crippen LogP contribution is -1.92. The zero-order valence-electron chi connectivity index (χ0n) is 6.90. The van der Waals surface area contributed by atoms with Crippen molar-refractivity contribution in [3.05, 3.63) is 18.0 Å². The molecular weight excluding hydrogens is 144 g/mol. The van der Waals surface area contributed by atoms with E-state index in [2.05, 4.69) is 5.10 Å². The molecular formula is C7H12N2O2. The summed E-state index contributed by atoms with van der Waals surface area (Å²) in [5, 5.41) is 12.0. The molecule has 0 unspecified atom stereocenters. The van der Waals surface area contributed by atoms with Crippen LogP contribution in [0.4, 0.5) is 0 Å². The van der Waals surface area contributed by atoms with E-state index in [4.69, 9.17) is 5.11 Å². The molecule has 1 aromatic rings. The number of aromatic carboxylic acids is 1. The molecule has 0 fully saturated rings. The molecule has 4 nitrogen and oxygen atoms in total. The van der Waals surface area contributed by atoms with Crippen molar-refractivity contribution in [1.82, 2.24) is 9.78 Å². The predicted molar refractivity (Wildman–Crippen MR) is 41.5 cm³/mol.